The number of nitrogens with one attached hydrogen (secondary N) is 1. The van der Waals surface area contributed by atoms with Crippen LogP contribution in [0.5, 0.6) is 0 Å². The molecule has 0 unspecified atom stereocenters. The van der Waals surface area contributed by atoms with Gasteiger partial charge in [-0.3, -0.25) is 9.98 Å². The summed E-state index contributed by atoms with van der Waals surface area (Å²) in [5.41, 5.74) is 6.18. The molecule has 5 rings (SSSR count). The Morgan fingerprint density at radius 2 is 1.00 bits per heavy atom. The molecule has 3 aromatic heterocycles. The van der Waals surface area contributed by atoms with Crippen LogP contribution in [0.3, 0.4) is 0 Å². The average Bonchev–Trinajstić information content (AvgIpc) is 3.15. The van der Waals surface area contributed by atoms with Gasteiger partial charge in [0, 0.05) is 69.6 Å². The van der Waals surface area contributed by atoms with Gasteiger partial charge in [-0.15, -0.1) is 0 Å². The SMILES string of the molecule is C[n+]1ccc(/C=N\c2ccc3[nH]c4ccc(/N=C/c5cc[n+](C)cc5)cc4c3c2)cc1.[I-].[I-]. The zero-order chi connectivity index (χ0) is 21.2. The van der Waals surface area contributed by atoms with E-state index in [9.17, 15) is 0 Å². The number of aromatic nitrogens is 3. The van der Waals surface area contributed by atoms with Crippen molar-refractivity contribution >= 4 is 45.6 Å². The fraction of sp³-hybridized carbons (Fsp3) is 0.0769. The minimum absolute atomic E-state index is 0. The molecule has 0 aliphatic rings. The number of hydrogen-bond acceptors (Lipinski definition) is 2. The first-order valence-corrected chi connectivity index (χ1v) is 10.2. The number of aliphatic imine (C=N–C) groups is 2. The summed E-state index contributed by atoms with van der Waals surface area (Å²) in [6.07, 6.45) is 11.9. The van der Waals surface area contributed by atoms with Crippen molar-refractivity contribution in [3.8, 4) is 0 Å². The molecule has 0 radical (unpaired) electrons. The van der Waals surface area contributed by atoms with Gasteiger partial charge in [-0.1, -0.05) is 0 Å². The molecule has 0 aliphatic carbocycles. The van der Waals surface area contributed by atoms with Crippen molar-refractivity contribution in [2.75, 3.05) is 0 Å². The number of hydrogen-bond donors (Lipinski definition) is 1. The predicted molar refractivity (Wildman–Crippen MR) is 126 cm³/mol. The summed E-state index contributed by atoms with van der Waals surface area (Å²) < 4.78 is 4.01. The summed E-state index contributed by atoms with van der Waals surface area (Å²) in [5, 5.41) is 2.29. The van der Waals surface area contributed by atoms with Crippen LogP contribution in [0.2, 0.25) is 0 Å². The van der Waals surface area contributed by atoms with Gasteiger partial charge in [0.25, 0.3) is 0 Å². The second-order valence-corrected chi connectivity index (χ2v) is 7.70. The topological polar surface area (TPSA) is 48.3 Å². The van der Waals surface area contributed by atoms with Crippen LogP contribution in [0.15, 0.2) is 95.4 Å². The Morgan fingerprint density at radius 1 is 0.606 bits per heavy atom. The number of pyridine rings is 2. The van der Waals surface area contributed by atoms with E-state index in [4.69, 9.17) is 0 Å². The van der Waals surface area contributed by atoms with Crippen LogP contribution >= 0.6 is 0 Å². The van der Waals surface area contributed by atoms with E-state index in [1.807, 2.05) is 96.8 Å². The van der Waals surface area contributed by atoms with Gasteiger partial charge in [0.05, 0.1) is 11.4 Å². The van der Waals surface area contributed by atoms with Gasteiger partial charge in [-0.2, -0.15) is 0 Å². The number of aryl methyl sites for hydroxylation is 2. The van der Waals surface area contributed by atoms with Crippen molar-refractivity contribution in [3.05, 3.63) is 96.6 Å². The molecule has 0 atom stereocenters. The summed E-state index contributed by atoms with van der Waals surface area (Å²) in [7, 11) is 4.01. The highest BCUT2D eigenvalue weighted by molar-refractivity contribution is 6.09. The minimum atomic E-state index is 0. The monoisotopic (exact) mass is 659 g/mol. The molecule has 7 heteroatoms. The van der Waals surface area contributed by atoms with E-state index in [-0.39, 0.29) is 48.0 Å². The third-order valence-electron chi connectivity index (χ3n) is 5.30. The molecule has 5 aromatic rings. The third-order valence-corrected chi connectivity index (χ3v) is 5.30. The number of fused-ring (bicyclic) bond motifs is 3. The van der Waals surface area contributed by atoms with E-state index >= 15 is 0 Å². The molecule has 166 valence electrons. The number of benzene rings is 2. The standard InChI is InChI=1S/C26H22N5.2HI/c1-30-11-7-19(8-12-30)17-27-21-3-5-25-23(15-21)24-16-22(4-6-26(24)29-25)28-18-20-9-13-31(2)14-10-20;;/h3-18H,1-2H3;2*1H/q+1;;/p-1. The summed E-state index contributed by atoms with van der Waals surface area (Å²) in [6.45, 7) is 0. The number of rotatable bonds is 4. The first kappa shape index (κ1) is 25.0. The second kappa shape index (κ2) is 11.0. The van der Waals surface area contributed by atoms with Crippen molar-refractivity contribution in [2.24, 2.45) is 24.1 Å². The van der Waals surface area contributed by atoms with Gasteiger partial charge in [0.1, 0.15) is 14.1 Å². The van der Waals surface area contributed by atoms with Crippen LogP contribution in [-0.4, -0.2) is 17.4 Å². The van der Waals surface area contributed by atoms with Crippen LogP contribution in [-0.2, 0) is 14.1 Å². The molecular weight excluding hydrogens is 636 g/mol. The lowest BCUT2D eigenvalue weighted by atomic mass is 10.1. The van der Waals surface area contributed by atoms with Crippen LogP contribution in [0.1, 0.15) is 11.1 Å². The highest BCUT2D eigenvalue weighted by Gasteiger charge is 2.06. The number of aromatic amines is 1. The number of nitrogens with zero attached hydrogens (tertiary/aromatic N) is 4. The Kier molecular flexibility index (Phi) is 8.30. The predicted octanol–water partition coefficient (Wildman–Crippen LogP) is -1.52. The molecule has 0 aliphatic heterocycles. The second-order valence-electron chi connectivity index (χ2n) is 7.70. The fourth-order valence-electron chi connectivity index (χ4n) is 3.53. The zero-order valence-corrected chi connectivity index (χ0v) is 22.6. The maximum atomic E-state index is 4.67. The Balaban J connectivity index is 0.00000153. The van der Waals surface area contributed by atoms with Crippen LogP contribution in [0, 0.1) is 0 Å². The maximum Gasteiger partial charge on any atom is 0.169 e. The number of H-pyrrole nitrogens is 1. The quantitative estimate of drug-likeness (QED) is 0.139. The van der Waals surface area contributed by atoms with E-state index in [2.05, 4.69) is 39.2 Å². The van der Waals surface area contributed by atoms with Crippen molar-refractivity contribution in [2.45, 2.75) is 0 Å². The molecule has 0 fully saturated rings. The Bertz CT molecular complexity index is 1330. The lowest BCUT2D eigenvalue weighted by Gasteiger charge is -1.97. The smallest absolute Gasteiger partial charge is 0.169 e. The van der Waals surface area contributed by atoms with Crippen molar-refractivity contribution in [3.63, 3.8) is 0 Å². The van der Waals surface area contributed by atoms with E-state index in [0.717, 1.165) is 44.3 Å². The van der Waals surface area contributed by atoms with Gasteiger partial charge in [0.15, 0.2) is 24.8 Å². The molecule has 1 N–H and O–H groups in total. The van der Waals surface area contributed by atoms with Crippen molar-refractivity contribution < 1.29 is 57.1 Å². The molecule has 0 saturated carbocycles. The summed E-state index contributed by atoms with van der Waals surface area (Å²) in [5.74, 6) is 0. The maximum absolute atomic E-state index is 4.67. The Morgan fingerprint density at radius 3 is 1.39 bits per heavy atom. The highest BCUT2D eigenvalue weighted by atomic mass is 127. The van der Waals surface area contributed by atoms with E-state index in [1.54, 1.807) is 0 Å². The summed E-state index contributed by atoms with van der Waals surface area (Å²) in [4.78, 5) is 12.8. The largest absolute Gasteiger partial charge is 1.00 e. The van der Waals surface area contributed by atoms with Gasteiger partial charge in [-0.25, -0.2) is 9.13 Å². The van der Waals surface area contributed by atoms with Crippen molar-refractivity contribution in [1.29, 1.82) is 0 Å². The van der Waals surface area contributed by atoms with Gasteiger partial charge < -0.3 is 52.9 Å². The van der Waals surface area contributed by atoms with Crippen LogP contribution in [0.25, 0.3) is 21.8 Å². The zero-order valence-electron chi connectivity index (χ0n) is 18.3. The van der Waals surface area contributed by atoms with Gasteiger partial charge in [0.2, 0.25) is 0 Å². The molecule has 0 saturated heterocycles. The van der Waals surface area contributed by atoms with Crippen molar-refractivity contribution in [1.82, 2.24) is 4.98 Å². The summed E-state index contributed by atoms with van der Waals surface area (Å²) >= 11 is 0. The molecule has 2 aromatic carbocycles. The Hall–Kier alpha value is -2.66. The first-order valence-electron chi connectivity index (χ1n) is 10.2. The molecule has 0 amide bonds. The molecule has 0 spiro atoms. The lowest BCUT2D eigenvalue weighted by molar-refractivity contribution is -0.671. The first-order chi connectivity index (χ1) is 15.1. The molecule has 0 bridgehead atoms. The average molecular weight is 659 g/mol. The summed E-state index contributed by atoms with van der Waals surface area (Å²) in [6, 6.07) is 20.7. The third kappa shape index (κ3) is 5.83. The molecule has 3 heterocycles. The van der Waals surface area contributed by atoms with E-state index in [1.165, 1.54) is 0 Å². The van der Waals surface area contributed by atoms with Crippen LogP contribution in [0.4, 0.5) is 11.4 Å². The van der Waals surface area contributed by atoms with Crippen LogP contribution < -0.4 is 57.1 Å². The highest BCUT2D eigenvalue weighted by Crippen LogP contribution is 2.31. The minimum Gasteiger partial charge on any atom is -1.00 e. The van der Waals surface area contributed by atoms with Gasteiger partial charge >= 0.3 is 0 Å². The normalized spacial score (nSPS) is 11.2. The lowest BCUT2D eigenvalue weighted by Crippen LogP contribution is -3.00. The molecule has 5 nitrogen and oxygen atoms in total. The molecular formula is C26H23I2N5. The Labute approximate surface area is 227 Å². The van der Waals surface area contributed by atoms with E-state index in [0.29, 0.717) is 0 Å². The fourth-order valence-corrected chi connectivity index (χ4v) is 3.53. The molecule has 33 heavy (non-hydrogen) atoms. The van der Waals surface area contributed by atoms with E-state index < -0.39 is 0 Å². The van der Waals surface area contributed by atoms with Gasteiger partial charge in [-0.05, 0) is 36.4 Å². The number of halogens is 2.